The van der Waals surface area contributed by atoms with Crippen molar-refractivity contribution in [3.05, 3.63) is 28.8 Å². The van der Waals surface area contributed by atoms with Gasteiger partial charge < -0.3 is 20.6 Å². The zero-order valence-corrected chi connectivity index (χ0v) is 12.3. The molecule has 0 aromatic heterocycles. The van der Waals surface area contributed by atoms with Gasteiger partial charge >= 0.3 is 12.0 Å². The summed E-state index contributed by atoms with van der Waals surface area (Å²) in [7, 11) is 3.84. The second-order valence-corrected chi connectivity index (χ2v) is 4.96. The summed E-state index contributed by atoms with van der Waals surface area (Å²) in [5.74, 6) is -0.998. The number of amides is 2. The predicted molar refractivity (Wildman–Crippen MR) is 78.5 cm³/mol. The van der Waals surface area contributed by atoms with Crippen molar-refractivity contribution in [3.63, 3.8) is 0 Å². The summed E-state index contributed by atoms with van der Waals surface area (Å²) in [6, 6.07) is 2.88. The smallest absolute Gasteiger partial charge is 0.336 e. The van der Waals surface area contributed by atoms with E-state index in [1.807, 2.05) is 25.9 Å². The van der Waals surface area contributed by atoms with E-state index < -0.39 is 5.97 Å². The maximum atomic E-state index is 11.7. The molecule has 6 heteroatoms. The highest BCUT2D eigenvalue weighted by Crippen LogP contribution is 2.19. The van der Waals surface area contributed by atoms with Gasteiger partial charge in [-0.2, -0.15) is 0 Å². The molecule has 0 aliphatic heterocycles. The summed E-state index contributed by atoms with van der Waals surface area (Å²) in [6.07, 6.45) is 0. The van der Waals surface area contributed by atoms with E-state index >= 15 is 0 Å². The van der Waals surface area contributed by atoms with Crippen LogP contribution in [0.5, 0.6) is 0 Å². The van der Waals surface area contributed by atoms with Gasteiger partial charge in [-0.1, -0.05) is 0 Å². The molecule has 1 rings (SSSR count). The van der Waals surface area contributed by atoms with Crippen LogP contribution >= 0.6 is 0 Å². The molecule has 3 N–H and O–H groups in total. The molecule has 1 aromatic carbocycles. The Kier molecular flexibility index (Phi) is 5.52. The number of rotatable bonds is 5. The molecule has 20 heavy (non-hydrogen) atoms. The molecule has 6 nitrogen and oxygen atoms in total. The molecule has 0 radical (unpaired) electrons. The first-order valence-corrected chi connectivity index (χ1v) is 6.35. The molecule has 0 saturated carbocycles. The summed E-state index contributed by atoms with van der Waals surface area (Å²) < 4.78 is 0. The largest absolute Gasteiger partial charge is 0.478 e. The molecule has 0 atom stereocenters. The van der Waals surface area contributed by atoms with Crippen LogP contribution < -0.4 is 10.6 Å². The fraction of sp³-hybridized carbons (Fsp3) is 0.429. The van der Waals surface area contributed by atoms with E-state index in [2.05, 4.69) is 10.6 Å². The lowest BCUT2D eigenvalue weighted by Gasteiger charge is -2.13. The van der Waals surface area contributed by atoms with E-state index in [0.29, 0.717) is 17.8 Å². The number of carboxylic acids is 1. The fourth-order valence-electron chi connectivity index (χ4n) is 1.72. The topological polar surface area (TPSA) is 81.7 Å². The van der Waals surface area contributed by atoms with Crippen LogP contribution in [0.3, 0.4) is 0 Å². The molecule has 0 aliphatic carbocycles. The van der Waals surface area contributed by atoms with Gasteiger partial charge in [0.2, 0.25) is 0 Å². The Morgan fingerprint density at radius 3 is 2.45 bits per heavy atom. The summed E-state index contributed by atoms with van der Waals surface area (Å²) in [5, 5.41) is 14.5. The van der Waals surface area contributed by atoms with Crippen LogP contribution in [0.4, 0.5) is 10.5 Å². The maximum absolute atomic E-state index is 11.7. The van der Waals surface area contributed by atoms with E-state index in [0.717, 1.165) is 12.1 Å². The minimum absolute atomic E-state index is 0.202. The van der Waals surface area contributed by atoms with Crippen molar-refractivity contribution >= 4 is 17.7 Å². The summed E-state index contributed by atoms with van der Waals surface area (Å²) in [5.41, 5.74) is 2.21. The average molecular weight is 279 g/mol. The Morgan fingerprint density at radius 2 is 1.90 bits per heavy atom. The molecule has 0 heterocycles. The van der Waals surface area contributed by atoms with Crippen molar-refractivity contribution in [2.45, 2.75) is 13.8 Å². The minimum atomic E-state index is -0.998. The SMILES string of the molecule is Cc1cc(NC(=O)NCCN(C)C)cc(C(=O)O)c1C. The summed E-state index contributed by atoms with van der Waals surface area (Å²) in [4.78, 5) is 24.8. The van der Waals surface area contributed by atoms with Crippen LogP contribution in [0.1, 0.15) is 21.5 Å². The Balaban J connectivity index is 2.73. The number of likely N-dealkylation sites (N-methyl/N-ethyl adjacent to an activating group) is 1. The first-order valence-electron chi connectivity index (χ1n) is 6.35. The number of aromatic carboxylic acids is 1. The first-order chi connectivity index (χ1) is 9.31. The first kappa shape index (κ1) is 16.0. The number of hydrogen-bond donors (Lipinski definition) is 3. The highest BCUT2D eigenvalue weighted by Gasteiger charge is 2.12. The van der Waals surface area contributed by atoms with Crippen molar-refractivity contribution < 1.29 is 14.7 Å². The van der Waals surface area contributed by atoms with Crippen LogP contribution in [-0.4, -0.2) is 49.2 Å². The monoisotopic (exact) mass is 279 g/mol. The van der Waals surface area contributed by atoms with Gasteiger partial charge in [-0.15, -0.1) is 0 Å². The van der Waals surface area contributed by atoms with Crippen molar-refractivity contribution in [1.29, 1.82) is 0 Å². The predicted octanol–water partition coefficient (Wildman–Crippen LogP) is 1.68. The minimum Gasteiger partial charge on any atom is -0.478 e. The number of carbonyl (C=O) groups is 2. The zero-order chi connectivity index (χ0) is 15.3. The number of anilines is 1. The van der Waals surface area contributed by atoms with Crippen LogP contribution in [0, 0.1) is 13.8 Å². The third kappa shape index (κ3) is 4.55. The highest BCUT2D eigenvalue weighted by atomic mass is 16.4. The van der Waals surface area contributed by atoms with Crippen molar-refractivity contribution in [2.24, 2.45) is 0 Å². The van der Waals surface area contributed by atoms with Gasteiger partial charge in [0.05, 0.1) is 5.56 Å². The molecule has 0 fully saturated rings. The Morgan fingerprint density at radius 1 is 1.25 bits per heavy atom. The number of nitrogens with one attached hydrogen (secondary N) is 2. The number of hydrogen-bond acceptors (Lipinski definition) is 3. The van der Waals surface area contributed by atoms with Crippen LogP contribution in [0.15, 0.2) is 12.1 Å². The molecule has 0 saturated heterocycles. The molecule has 110 valence electrons. The number of carbonyl (C=O) groups excluding carboxylic acids is 1. The van der Waals surface area contributed by atoms with Gasteiger partial charge in [0.15, 0.2) is 0 Å². The van der Waals surface area contributed by atoms with Crippen molar-refractivity contribution in [3.8, 4) is 0 Å². The van der Waals surface area contributed by atoms with E-state index in [9.17, 15) is 9.59 Å². The lowest BCUT2D eigenvalue weighted by molar-refractivity contribution is 0.0696. The quantitative estimate of drug-likeness (QED) is 0.766. The van der Waals surface area contributed by atoms with Gasteiger partial charge in [0, 0.05) is 18.8 Å². The molecular formula is C14H21N3O3. The number of aryl methyl sites for hydroxylation is 1. The van der Waals surface area contributed by atoms with Gasteiger partial charge in [-0.3, -0.25) is 0 Å². The van der Waals surface area contributed by atoms with Crippen LogP contribution in [0.25, 0.3) is 0 Å². The molecule has 0 aliphatic rings. The third-order valence-electron chi connectivity index (χ3n) is 3.00. The Hall–Kier alpha value is -2.08. The molecule has 0 spiro atoms. The normalized spacial score (nSPS) is 10.4. The van der Waals surface area contributed by atoms with E-state index in [1.165, 1.54) is 6.07 Å². The average Bonchev–Trinajstić information content (AvgIpc) is 2.32. The van der Waals surface area contributed by atoms with Crippen LogP contribution in [0.2, 0.25) is 0 Å². The number of urea groups is 1. The lowest BCUT2D eigenvalue weighted by Crippen LogP contribution is -2.34. The maximum Gasteiger partial charge on any atom is 0.336 e. The molecule has 1 aromatic rings. The second-order valence-electron chi connectivity index (χ2n) is 4.96. The van der Waals surface area contributed by atoms with Gasteiger partial charge in [0.1, 0.15) is 0 Å². The zero-order valence-electron chi connectivity index (χ0n) is 12.3. The Labute approximate surface area is 118 Å². The van der Waals surface area contributed by atoms with Gasteiger partial charge in [0.25, 0.3) is 0 Å². The van der Waals surface area contributed by atoms with Crippen molar-refractivity contribution in [1.82, 2.24) is 10.2 Å². The molecule has 2 amide bonds. The number of carboxylic acid groups (broad SMARTS) is 1. The fourth-order valence-corrected chi connectivity index (χ4v) is 1.72. The van der Waals surface area contributed by atoms with Crippen LogP contribution in [-0.2, 0) is 0 Å². The van der Waals surface area contributed by atoms with E-state index in [4.69, 9.17) is 5.11 Å². The van der Waals surface area contributed by atoms with Gasteiger partial charge in [-0.25, -0.2) is 9.59 Å². The lowest BCUT2D eigenvalue weighted by atomic mass is 10.0. The van der Waals surface area contributed by atoms with Gasteiger partial charge in [-0.05, 0) is 51.2 Å². The highest BCUT2D eigenvalue weighted by molar-refractivity contribution is 5.94. The Bertz CT molecular complexity index is 513. The molecule has 0 unspecified atom stereocenters. The third-order valence-corrected chi connectivity index (χ3v) is 3.00. The molecule has 0 bridgehead atoms. The summed E-state index contributed by atoms with van der Waals surface area (Å²) >= 11 is 0. The van der Waals surface area contributed by atoms with E-state index in [-0.39, 0.29) is 11.6 Å². The number of benzene rings is 1. The second kappa shape index (κ2) is 6.91. The summed E-state index contributed by atoms with van der Waals surface area (Å²) in [6.45, 7) is 4.83. The van der Waals surface area contributed by atoms with E-state index in [1.54, 1.807) is 13.0 Å². The number of nitrogens with zero attached hydrogens (tertiary/aromatic N) is 1. The van der Waals surface area contributed by atoms with Crippen molar-refractivity contribution in [2.75, 3.05) is 32.5 Å². The standard InChI is InChI=1S/C14H21N3O3/c1-9-7-11(8-12(10(9)2)13(18)19)16-14(20)15-5-6-17(3)4/h7-8H,5-6H2,1-4H3,(H,18,19)(H2,15,16,20). The molecular weight excluding hydrogens is 258 g/mol.